The minimum Gasteiger partial charge on any atom is -0.291 e. The number of ketones is 1. The first-order chi connectivity index (χ1) is 6.25. The topological polar surface area (TPSA) is 43.4 Å². The molecule has 0 radical (unpaired) electrons. The zero-order valence-electron chi connectivity index (χ0n) is 7.14. The largest absolute Gasteiger partial charge is 0.328 e. The van der Waals surface area contributed by atoms with Crippen LogP contribution in [0.15, 0.2) is 30.3 Å². The minimum absolute atomic E-state index is 0.163. The maximum Gasteiger partial charge on any atom is 0.328 e. The van der Waals surface area contributed by atoms with Crippen LogP contribution < -0.4 is 0 Å². The highest BCUT2D eigenvalue weighted by molar-refractivity contribution is 7.17. The van der Waals surface area contributed by atoms with Crippen LogP contribution in [0.3, 0.4) is 0 Å². The number of rotatable bonds is 4. The quantitative estimate of drug-likeness (QED) is 0.548. The highest BCUT2D eigenvalue weighted by atomic mass is 31.1. The van der Waals surface area contributed by atoms with Gasteiger partial charge >= 0.3 is 8.69 Å². The Balaban J connectivity index is 2.73. The van der Waals surface area contributed by atoms with Crippen molar-refractivity contribution in [2.24, 2.45) is 0 Å². The Labute approximate surface area is 78.0 Å². The average molecular weight is 196 g/mol. The molecule has 0 spiro atoms. The van der Waals surface area contributed by atoms with Crippen LogP contribution in [-0.4, -0.2) is 11.9 Å². The second-order valence-electron chi connectivity index (χ2n) is 2.55. The van der Waals surface area contributed by atoms with E-state index in [1.54, 1.807) is 31.2 Å². The van der Waals surface area contributed by atoms with E-state index < -0.39 is 14.8 Å². The zero-order chi connectivity index (χ0) is 9.68. The Kier molecular flexibility index (Phi) is 3.74. The van der Waals surface area contributed by atoms with E-state index in [0.717, 1.165) is 0 Å². The highest BCUT2D eigenvalue weighted by Gasteiger charge is 2.14. The molecule has 1 unspecified atom stereocenters. The van der Waals surface area contributed by atoms with Crippen LogP contribution in [0.4, 0.5) is 0 Å². The van der Waals surface area contributed by atoms with E-state index in [1.165, 1.54) is 0 Å². The van der Waals surface area contributed by atoms with Crippen molar-refractivity contribution >= 4 is 14.5 Å². The molecular formula is C9H9O3P. The molecule has 13 heavy (non-hydrogen) atoms. The summed E-state index contributed by atoms with van der Waals surface area (Å²) in [7, 11) is -0.467. The molecule has 1 atom stereocenters. The molecule has 0 aromatic heterocycles. The highest BCUT2D eigenvalue weighted by Crippen LogP contribution is 2.09. The second-order valence-corrected chi connectivity index (χ2v) is 2.91. The Morgan fingerprint density at radius 1 is 1.38 bits per heavy atom. The van der Waals surface area contributed by atoms with Crippen LogP contribution in [0, 0.1) is 0 Å². The summed E-state index contributed by atoms with van der Waals surface area (Å²) in [6, 6.07) is 8.77. The van der Waals surface area contributed by atoms with Crippen LogP contribution in [0.25, 0.3) is 0 Å². The van der Waals surface area contributed by atoms with Crippen LogP contribution in [0.1, 0.15) is 17.3 Å². The summed E-state index contributed by atoms with van der Waals surface area (Å²) in [4.78, 5) is 11.5. The monoisotopic (exact) mass is 196 g/mol. The average Bonchev–Trinajstić information content (AvgIpc) is 2.18. The first-order valence-electron chi connectivity index (χ1n) is 3.83. The molecule has 0 saturated carbocycles. The predicted molar refractivity (Wildman–Crippen MR) is 48.9 cm³/mol. The molecule has 68 valence electrons. The van der Waals surface area contributed by atoms with Crippen LogP contribution in [-0.2, 0) is 9.09 Å². The number of benzene rings is 1. The van der Waals surface area contributed by atoms with Gasteiger partial charge in [0.2, 0.25) is 0 Å². The van der Waals surface area contributed by atoms with E-state index in [9.17, 15) is 9.36 Å². The van der Waals surface area contributed by atoms with Crippen molar-refractivity contribution < 1.29 is 13.9 Å². The van der Waals surface area contributed by atoms with E-state index in [1.807, 2.05) is 6.07 Å². The summed E-state index contributed by atoms with van der Waals surface area (Å²) in [5, 5.41) is 0. The van der Waals surface area contributed by atoms with Gasteiger partial charge in [-0.25, -0.2) is 4.57 Å². The number of carbonyl (C=O) groups is 1. The molecule has 1 aromatic rings. The molecule has 0 heterocycles. The molecule has 0 aliphatic carbocycles. The van der Waals surface area contributed by atoms with Gasteiger partial charge in [0.15, 0.2) is 5.78 Å². The number of Topliss-reactive ketones (excluding diaryl/α,β-unsaturated/α-hetero) is 1. The summed E-state index contributed by atoms with van der Waals surface area (Å²) in [6.45, 7) is 1.57. The van der Waals surface area contributed by atoms with Gasteiger partial charge in [0.1, 0.15) is 6.10 Å². The van der Waals surface area contributed by atoms with Gasteiger partial charge in [0, 0.05) is 5.56 Å². The van der Waals surface area contributed by atoms with Crippen molar-refractivity contribution in [2.45, 2.75) is 13.0 Å². The molecular weight excluding hydrogens is 187 g/mol. The predicted octanol–water partition coefficient (Wildman–Crippen LogP) is 2.48. The fraction of sp³-hybridized carbons (Fsp3) is 0.222. The van der Waals surface area contributed by atoms with Crippen LogP contribution in [0.5, 0.6) is 0 Å². The van der Waals surface area contributed by atoms with Crippen molar-refractivity contribution in [3.63, 3.8) is 0 Å². The summed E-state index contributed by atoms with van der Waals surface area (Å²) >= 11 is 0. The van der Waals surface area contributed by atoms with Crippen molar-refractivity contribution in [2.75, 3.05) is 0 Å². The van der Waals surface area contributed by atoms with Crippen molar-refractivity contribution in [3.8, 4) is 0 Å². The van der Waals surface area contributed by atoms with Gasteiger partial charge in [-0.1, -0.05) is 30.3 Å². The lowest BCUT2D eigenvalue weighted by Crippen LogP contribution is -2.16. The van der Waals surface area contributed by atoms with Crippen molar-refractivity contribution in [1.82, 2.24) is 0 Å². The minimum atomic E-state index is -0.665. The third-order valence-corrected chi connectivity index (χ3v) is 2.03. The first-order valence-corrected chi connectivity index (χ1v) is 4.56. The smallest absolute Gasteiger partial charge is 0.291 e. The van der Waals surface area contributed by atoms with Gasteiger partial charge in [-0.15, -0.1) is 0 Å². The summed E-state index contributed by atoms with van der Waals surface area (Å²) in [6.07, 6.45) is -0.665. The van der Waals surface area contributed by atoms with Crippen molar-refractivity contribution in [1.29, 1.82) is 0 Å². The van der Waals surface area contributed by atoms with Crippen molar-refractivity contribution in [3.05, 3.63) is 35.9 Å². The molecule has 0 saturated heterocycles. The fourth-order valence-corrected chi connectivity index (χ4v) is 1.17. The molecule has 3 nitrogen and oxygen atoms in total. The lowest BCUT2D eigenvalue weighted by molar-refractivity contribution is 0.0835. The molecule has 0 amide bonds. The number of hydrogen-bond donors (Lipinski definition) is 0. The molecule has 0 aliphatic heterocycles. The molecule has 0 aliphatic rings. The second kappa shape index (κ2) is 4.85. The molecule has 1 rings (SSSR count). The summed E-state index contributed by atoms with van der Waals surface area (Å²) in [5.74, 6) is -0.163. The lowest BCUT2D eigenvalue weighted by atomic mass is 10.1. The summed E-state index contributed by atoms with van der Waals surface area (Å²) in [5.41, 5.74) is 0.568. The standard InChI is InChI=1S/C9H9O3P/c1-7(12-13-11)9(10)8-5-3-2-4-6-8/h2-7H,1H3. The Hall–Kier alpha value is -1.05. The van der Waals surface area contributed by atoms with Gasteiger partial charge in [-0.05, 0) is 6.92 Å². The SMILES string of the molecule is CC(OP=O)C(=O)c1ccccc1. The Morgan fingerprint density at radius 2 is 2.00 bits per heavy atom. The van der Waals surface area contributed by atoms with Gasteiger partial charge in [-0.3, -0.25) is 9.32 Å². The van der Waals surface area contributed by atoms with Gasteiger partial charge in [0.25, 0.3) is 0 Å². The van der Waals surface area contributed by atoms with Crippen LogP contribution >= 0.6 is 8.69 Å². The fourth-order valence-electron chi connectivity index (χ4n) is 0.950. The van der Waals surface area contributed by atoms with Gasteiger partial charge in [0.05, 0.1) is 0 Å². The molecule has 4 heteroatoms. The number of hydrogen-bond acceptors (Lipinski definition) is 3. The van der Waals surface area contributed by atoms with E-state index in [0.29, 0.717) is 5.56 Å². The first kappa shape index (κ1) is 10.0. The summed E-state index contributed by atoms with van der Waals surface area (Å²) < 4.78 is 14.7. The number of carbonyl (C=O) groups excluding carboxylic acids is 1. The molecule has 0 N–H and O–H groups in total. The van der Waals surface area contributed by atoms with E-state index in [4.69, 9.17) is 0 Å². The third kappa shape index (κ3) is 2.72. The zero-order valence-corrected chi connectivity index (χ0v) is 8.03. The lowest BCUT2D eigenvalue weighted by Gasteiger charge is -2.05. The van der Waals surface area contributed by atoms with Gasteiger partial charge < -0.3 is 0 Å². The Morgan fingerprint density at radius 3 is 2.54 bits per heavy atom. The maximum atomic E-state index is 11.5. The molecule has 0 fully saturated rings. The van der Waals surface area contributed by atoms with E-state index in [-0.39, 0.29) is 5.78 Å². The molecule has 0 bridgehead atoms. The normalized spacial score (nSPS) is 12.7. The third-order valence-electron chi connectivity index (χ3n) is 1.63. The molecule has 1 aromatic carbocycles. The van der Waals surface area contributed by atoms with E-state index >= 15 is 0 Å². The Bertz CT molecular complexity index is 297. The van der Waals surface area contributed by atoms with Crippen LogP contribution in [0.2, 0.25) is 0 Å². The van der Waals surface area contributed by atoms with E-state index in [2.05, 4.69) is 4.52 Å². The maximum absolute atomic E-state index is 11.5. The van der Waals surface area contributed by atoms with Gasteiger partial charge in [-0.2, -0.15) is 0 Å².